The predicted molar refractivity (Wildman–Crippen MR) is 205 cm³/mol. The highest BCUT2D eigenvalue weighted by atomic mass is 16.7. The van der Waals surface area contributed by atoms with Gasteiger partial charge in [-0.2, -0.15) is 5.10 Å². The lowest BCUT2D eigenvalue weighted by atomic mass is 9.78. The number of benzene rings is 2. The van der Waals surface area contributed by atoms with Crippen molar-refractivity contribution in [2.45, 2.75) is 85.6 Å². The van der Waals surface area contributed by atoms with E-state index in [9.17, 15) is 39.9 Å². The Bertz CT molecular complexity index is 1950. The summed E-state index contributed by atoms with van der Waals surface area (Å²) in [5.74, 6) is -8.43. The van der Waals surface area contributed by atoms with Crippen molar-refractivity contribution in [1.29, 1.82) is 0 Å². The number of aliphatic hydroxyl groups is 2. The van der Waals surface area contributed by atoms with E-state index in [0.717, 1.165) is 0 Å². The van der Waals surface area contributed by atoms with Crippen LogP contribution < -0.4 is 10.1 Å². The zero-order chi connectivity index (χ0) is 41.3. The molecule has 0 aromatic heterocycles. The number of ether oxygens (including phenoxy) is 4. The van der Waals surface area contributed by atoms with Gasteiger partial charge in [0, 0.05) is 75.2 Å². The lowest BCUT2D eigenvalue weighted by Crippen LogP contribution is -2.46. The average molecular weight is 768 g/mol. The van der Waals surface area contributed by atoms with Gasteiger partial charge in [-0.3, -0.25) is 14.4 Å². The third kappa shape index (κ3) is 8.28. The number of fused-ring (bicyclic) bond motifs is 14. The number of nitrogens with one attached hydrogen (secondary N) is 1. The number of esters is 1. The number of ketones is 1. The number of anilines is 1. The maximum Gasteiger partial charge on any atom is 0.312 e. The number of aromatic hydroxyl groups is 3. The number of hydrazone groups is 1. The fourth-order valence-corrected chi connectivity index (χ4v) is 7.05. The van der Waals surface area contributed by atoms with Crippen LogP contribution in [0.25, 0.3) is 10.8 Å². The SMILES string of the molecule is COC1/C=C\OC2(C)Oc3c(C)c(O)c4c(O)c(c(/C=N\N(C)C)c(O)c4c3C2=O)NC(=O)/C(C)=C\C=C/C(C)C(O)C(C)C(O)C(C)C(OC(C)=O)C1C. The summed E-state index contributed by atoms with van der Waals surface area (Å²) in [7, 11) is 4.65. The summed E-state index contributed by atoms with van der Waals surface area (Å²) in [5, 5.41) is 65.3. The molecule has 55 heavy (non-hydrogen) atoms. The molecule has 300 valence electrons. The lowest BCUT2D eigenvalue weighted by Gasteiger charge is -2.38. The first-order valence-electron chi connectivity index (χ1n) is 18.0. The van der Waals surface area contributed by atoms with Crippen LogP contribution in [-0.4, -0.2) is 106 Å². The van der Waals surface area contributed by atoms with E-state index in [0.29, 0.717) is 0 Å². The van der Waals surface area contributed by atoms with Crippen LogP contribution in [0.4, 0.5) is 5.69 Å². The number of rotatable bonds is 4. The van der Waals surface area contributed by atoms with E-state index in [1.54, 1.807) is 53.9 Å². The minimum Gasteiger partial charge on any atom is -0.507 e. The molecule has 15 heteroatoms. The Morgan fingerprint density at radius 3 is 2.22 bits per heavy atom. The Hall–Kier alpha value is -5.12. The number of hydrogen-bond donors (Lipinski definition) is 6. The molecule has 0 saturated carbocycles. The number of carbonyl (C=O) groups is 3. The Labute approximate surface area is 320 Å². The van der Waals surface area contributed by atoms with Crippen molar-refractivity contribution in [3.05, 3.63) is 52.8 Å². The molecule has 5 bridgehead atoms. The standard InChI is InChI=1S/C40H53N3O12/c1-18-13-12-14-19(2)39(51)42-30-25(17-41-43(9)10)34(48)27-28(35(30)49)33(47)23(6)37-29(27)38(50)40(8,55-37)53-16-15-26(52-11)20(3)36(54-24(7)44)22(5)32(46)21(4)31(18)45/h12-18,20-22,26,31-32,36,45-49H,1-11H3,(H,42,51)/b13-12-,16-15-,19-14-,41-17-. The molecule has 3 aliphatic rings. The van der Waals surface area contributed by atoms with E-state index >= 15 is 0 Å². The highest BCUT2D eigenvalue weighted by molar-refractivity contribution is 6.23. The van der Waals surface area contributed by atoms with Gasteiger partial charge >= 0.3 is 11.8 Å². The van der Waals surface area contributed by atoms with Gasteiger partial charge in [0.2, 0.25) is 0 Å². The molecule has 0 spiro atoms. The van der Waals surface area contributed by atoms with Crippen LogP contribution in [0.5, 0.6) is 23.0 Å². The molecular formula is C40H53N3O12. The van der Waals surface area contributed by atoms with E-state index in [1.807, 2.05) is 0 Å². The number of phenolic OH excluding ortho intramolecular Hbond substituents is 3. The third-order valence-corrected chi connectivity index (χ3v) is 10.5. The first-order chi connectivity index (χ1) is 25.7. The Morgan fingerprint density at radius 1 is 0.964 bits per heavy atom. The number of nitrogens with zero attached hydrogens (tertiary/aromatic N) is 2. The van der Waals surface area contributed by atoms with Crippen molar-refractivity contribution in [2.24, 2.45) is 28.8 Å². The summed E-state index contributed by atoms with van der Waals surface area (Å²) in [4.78, 5) is 40.1. The van der Waals surface area contributed by atoms with Crippen molar-refractivity contribution in [2.75, 3.05) is 26.5 Å². The number of allylic oxidation sites excluding steroid dienone is 2. The molecule has 3 aliphatic heterocycles. The predicted octanol–water partition coefficient (Wildman–Crippen LogP) is 4.65. The lowest BCUT2D eigenvalue weighted by molar-refractivity contribution is -0.160. The molecule has 0 saturated heterocycles. The molecule has 6 N–H and O–H groups in total. The van der Waals surface area contributed by atoms with Crippen LogP contribution in [0.15, 0.2) is 41.2 Å². The fraction of sp³-hybridized carbons (Fsp3) is 0.500. The zero-order valence-corrected chi connectivity index (χ0v) is 33.1. The zero-order valence-electron chi connectivity index (χ0n) is 33.1. The van der Waals surface area contributed by atoms with Gasteiger partial charge in [-0.1, -0.05) is 45.9 Å². The summed E-state index contributed by atoms with van der Waals surface area (Å²) < 4.78 is 23.4. The molecule has 9 atom stereocenters. The monoisotopic (exact) mass is 767 g/mol. The van der Waals surface area contributed by atoms with Crippen molar-refractivity contribution in [1.82, 2.24) is 5.01 Å². The first kappa shape index (κ1) is 42.6. The van der Waals surface area contributed by atoms with Gasteiger partial charge < -0.3 is 54.8 Å². The van der Waals surface area contributed by atoms with Crippen LogP contribution in [0.2, 0.25) is 0 Å². The van der Waals surface area contributed by atoms with E-state index in [2.05, 4.69) is 10.4 Å². The molecule has 0 radical (unpaired) electrons. The van der Waals surface area contributed by atoms with Crippen LogP contribution in [0.3, 0.4) is 0 Å². The number of carbonyl (C=O) groups excluding carboxylic acids is 3. The number of aliphatic hydroxyl groups excluding tert-OH is 2. The second kappa shape index (κ2) is 16.7. The van der Waals surface area contributed by atoms with Gasteiger partial charge in [0.1, 0.15) is 23.4 Å². The quantitative estimate of drug-likeness (QED) is 0.0822. The maximum absolute atomic E-state index is 14.3. The molecule has 1 amide bonds. The summed E-state index contributed by atoms with van der Waals surface area (Å²) in [6, 6.07) is 0. The second-order valence-electron chi connectivity index (χ2n) is 14.7. The first-order valence-corrected chi connectivity index (χ1v) is 18.0. The van der Waals surface area contributed by atoms with Crippen molar-refractivity contribution < 1.29 is 58.9 Å². The largest absolute Gasteiger partial charge is 0.507 e. The average Bonchev–Trinajstić information content (AvgIpc) is 3.39. The number of methoxy groups -OCH3 is 1. The number of amides is 1. The summed E-state index contributed by atoms with van der Waals surface area (Å²) >= 11 is 0. The molecule has 5 rings (SSSR count). The van der Waals surface area contributed by atoms with E-state index in [4.69, 9.17) is 18.9 Å². The molecule has 15 nitrogen and oxygen atoms in total. The topological polar surface area (TPSA) is 217 Å². The molecule has 0 fully saturated rings. The minimum absolute atomic E-state index is 0.0475. The summed E-state index contributed by atoms with van der Waals surface area (Å²) in [6.07, 6.45) is 4.69. The van der Waals surface area contributed by atoms with Crippen molar-refractivity contribution in [3.63, 3.8) is 0 Å². The third-order valence-electron chi connectivity index (χ3n) is 10.5. The molecule has 3 heterocycles. The normalized spacial score (nSPS) is 31.4. The van der Waals surface area contributed by atoms with Crippen LogP contribution in [-0.2, 0) is 23.8 Å². The molecule has 2 aromatic rings. The smallest absolute Gasteiger partial charge is 0.312 e. The highest BCUT2D eigenvalue weighted by Gasteiger charge is 2.50. The van der Waals surface area contributed by atoms with E-state index in [-0.39, 0.29) is 44.5 Å². The number of Topliss-reactive ketones (excluding diaryl/α,β-unsaturated/α-hetero) is 1. The second-order valence-corrected chi connectivity index (χ2v) is 14.7. The molecule has 0 aliphatic carbocycles. The fourth-order valence-electron chi connectivity index (χ4n) is 7.05. The van der Waals surface area contributed by atoms with Crippen LogP contribution in [0.1, 0.15) is 70.0 Å². The van der Waals surface area contributed by atoms with Gasteiger partial charge in [0.05, 0.1) is 53.0 Å². The molecular weight excluding hydrogens is 714 g/mol. The van der Waals surface area contributed by atoms with Crippen molar-refractivity contribution in [3.8, 4) is 23.0 Å². The van der Waals surface area contributed by atoms with Gasteiger partial charge in [0.25, 0.3) is 11.7 Å². The molecule has 9 unspecified atom stereocenters. The van der Waals surface area contributed by atoms with Crippen LogP contribution >= 0.6 is 0 Å². The van der Waals surface area contributed by atoms with Gasteiger partial charge in [0.15, 0.2) is 5.75 Å². The van der Waals surface area contributed by atoms with E-state index in [1.165, 1.54) is 64.4 Å². The number of phenols is 3. The minimum atomic E-state index is -2.04. The van der Waals surface area contributed by atoms with Gasteiger partial charge in [-0.05, 0) is 19.9 Å². The van der Waals surface area contributed by atoms with Gasteiger partial charge in [-0.25, -0.2) is 0 Å². The summed E-state index contributed by atoms with van der Waals surface area (Å²) in [6.45, 7) is 12.4. The Balaban J connectivity index is 1.97. The van der Waals surface area contributed by atoms with Gasteiger partial charge in [-0.15, -0.1) is 0 Å². The summed E-state index contributed by atoms with van der Waals surface area (Å²) in [5.41, 5.74) is -0.445. The van der Waals surface area contributed by atoms with Crippen LogP contribution in [0, 0.1) is 30.6 Å². The Kier molecular flexibility index (Phi) is 13.0. The van der Waals surface area contributed by atoms with Crippen molar-refractivity contribution >= 4 is 40.3 Å². The Morgan fingerprint density at radius 2 is 1.62 bits per heavy atom. The maximum atomic E-state index is 14.3. The highest BCUT2D eigenvalue weighted by Crippen LogP contribution is 2.55. The van der Waals surface area contributed by atoms with E-state index < -0.39 is 88.8 Å². The molecule has 2 aromatic carbocycles. The number of hydrogen-bond acceptors (Lipinski definition) is 14.